The molecule has 3 fully saturated rings. The van der Waals surface area contributed by atoms with Crippen molar-refractivity contribution < 1.29 is 9.21 Å². The minimum Gasteiger partial charge on any atom is -0.424 e. The molecule has 23 heavy (non-hydrogen) atoms. The van der Waals surface area contributed by atoms with E-state index in [4.69, 9.17) is 4.42 Å². The molecule has 1 aliphatic carbocycles. The molecule has 4 rings (SSSR count). The maximum absolute atomic E-state index is 12.2. The van der Waals surface area contributed by atoms with Gasteiger partial charge in [-0.1, -0.05) is 6.92 Å². The summed E-state index contributed by atoms with van der Waals surface area (Å²) in [6, 6.07) is 0.819. The zero-order valence-electron chi connectivity index (χ0n) is 13.9. The number of hydrogen-bond acceptors (Lipinski definition) is 5. The number of likely N-dealkylation sites (tertiary alicyclic amines) is 2. The summed E-state index contributed by atoms with van der Waals surface area (Å²) in [4.78, 5) is 16.8. The molecule has 2 saturated heterocycles. The maximum Gasteiger partial charge on any atom is 0.230 e. The normalized spacial score (nSPS) is 28.7. The number of amides is 1. The number of carbonyl (C=O) groups excluding carboxylic acids is 1. The Balaban J connectivity index is 1.44. The molecule has 2 atom stereocenters. The van der Waals surface area contributed by atoms with Gasteiger partial charge in [0.2, 0.25) is 17.7 Å². The first kappa shape index (κ1) is 15.1. The van der Waals surface area contributed by atoms with Crippen molar-refractivity contribution in [1.82, 2.24) is 20.0 Å². The zero-order valence-corrected chi connectivity index (χ0v) is 13.9. The van der Waals surface area contributed by atoms with Crippen LogP contribution < -0.4 is 0 Å². The Morgan fingerprint density at radius 1 is 1.13 bits per heavy atom. The molecule has 0 bridgehead atoms. The third kappa shape index (κ3) is 3.01. The topological polar surface area (TPSA) is 62.5 Å². The molecule has 6 nitrogen and oxygen atoms in total. The first-order chi connectivity index (χ1) is 11.3. The van der Waals surface area contributed by atoms with Crippen LogP contribution in [0.5, 0.6) is 0 Å². The van der Waals surface area contributed by atoms with Crippen molar-refractivity contribution in [2.75, 3.05) is 13.1 Å². The minimum atomic E-state index is 0.299. The molecule has 126 valence electrons. The molecule has 0 unspecified atom stereocenters. The van der Waals surface area contributed by atoms with Gasteiger partial charge < -0.3 is 9.32 Å². The van der Waals surface area contributed by atoms with Gasteiger partial charge >= 0.3 is 0 Å². The third-order valence-corrected chi connectivity index (χ3v) is 5.53. The van der Waals surface area contributed by atoms with Crippen LogP contribution in [0.15, 0.2) is 4.42 Å². The van der Waals surface area contributed by atoms with E-state index in [0.717, 1.165) is 44.3 Å². The van der Waals surface area contributed by atoms with Gasteiger partial charge in [-0.25, -0.2) is 0 Å². The molecule has 6 heteroatoms. The van der Waals surface area contributed by atoms with Crippen molar-refractivity contribution >= 4 is 5.91 Å². The van der Waals surface area contributed by atoms with Crippen LogP contribution in [0.1, 0.15) is 69.6 Å². The summed E-state index contributed by atoms with van der Waals surface area (Å²) in [5, 5.41) is 8.42. The molecule has 0 N–H and O–H groups in total. The van der Waals surface area contributed by atoms with Crippen LogP contribution in [0.4, 0.5) is 0 Å². The number of aromatic nitrogens is 2. The molecule has 1 saturated carbocycles. The van der Waals surface area contributed by atoms with Crippen molar-refractivity contribution in [3.63, 3.8) is 0 Å². The van der Waals surface area contributed by atoms with E-state index in [1.165, 1.54) is 25.7 Å². The first-order valence-corrected chi connectivity index (χ1v) is 9.12. The Kier molecular flexibility index (Phi) is 4.09. The summed E-state index contributed by atoms with van der Waals surface area (Å²) in [5.74, 6) is 2.37. The summed E-state index contributed by atoms with van der Waals surface area (Å²) in [6.45, 7) is 4.68. The Labute approximate surface area is 137 Å². The highest BCUT2D eigenvalue weighted by molar-refractivity contribution is 5.76. The molecule has 0 aromatic carbocycles. The maximum atomic E-state index is 12.2. The Morgan fingerprint density at radius 3 is 2.70 bits per heavy atom. The lowest BCUT2D eigenvalue weighted by Gasteiger charge is -2.34. The van der Waals surface area contributed by atoms with E-state index in [1.807, 2.05) is 6.92 Å². The molecule has 1 amide bonds. The van der Waals surface area contributed by atoms with Gasteiger partial charge in [-0.3, -0.25) is 9.69 Å². The van der Waals surface area contributed by atoms with Crippen LogP contribution >= 0.6 is 0 Å². The monoisotopic (exact) mass is 318 g/mol. The lowest BCUT2D eigenvalue weighted by atomic mass is 10.0. The van der Waals surface area contributed by atoms with E-state index < -0.39 is 0 Å². The highest BCUT2D eigenvalue weighted by atomic mass is 16.4. The summed E-state index contributed by atoms with van der Waals surface area (Å²) in [7, 11) is 0. The Hall–Kier alpha value is -1.43. The van der Waals surface area contributed by atoms with Crippen LogP contribution in [0.3, 0.4) is 0 Å². The molecule has 1 aromatic rings. The molecule has 1 aromatic heterocycles. The predicted molar refractivity (Wildman–Crippen MR) is 84.7 cm³/mol. The van der Waals surface area contributed by atoms with Crippen LogP contribution in [0.25, 0.3) is 0 Å². The second-order valence-corrected chi connectivity index (χ2v) is 7.14. The van der Waals surface area contributed by atoms with Crippen molar-refractivity contribution in [2.45, 2.75) is 76.4 Å². The average Bonchev–Trinajstić information content (AvgIpc) is 2.97. The fraction of sp³-hybridized carbons (Fsp3) is 0.824. The molecular weight excluding hydrogens is 292 g/mol. The SMILES string of the molecule is CCC(=O)N1CCC[C@H]1[C@@H]1CCCN1Cc1nnc(C2CC2)o1. The van der Waals surface area contributed by atoms with E-state index in [2.05, 4.69) is 20.0 Å². The minimum absolute atomic E-state index is 0.299. The van der Waals surface area contributed by atoms with Crippen molar-refractivity contribution in [2.24, 2.45) is 0 Å². The molecule has 3 heterocycles. The van der Waals surface area contributed by atoms with Crippen molar-refractivity contribution in [1.29, 1.82) is 0 Å². The molecule has 0 spiro atoms. The predicted octanol–water partition coefficient (Wildman–Crippen LogP) is 2.31. The van der Waals surface area contributed by atoms with Crippen LogP contribution in [-0.2, 0) is 11.3 Å². The Morgan fingerprint density at radius 2 is 1.91 bits per heavy atom. The van der Waals surface area contributed by atoms with E-state index in [1.54, 1.807) is 0 Å². The fourth-order valence-electron chi connectivity index (χ4n) is 4.19. The van der Waals surface area contributed by atoms with Gasteiger partial charge in [0.1, 0.15) is 0 Å². The fourth-order valence-corrected chi connectivity index (χ4v) is 4.19. The standard InChI is InChI=1S/C17H26N4O2/c1-2-16(22)21-10-4-6-14(21)13-5-3-9-20(13)11-15-18-19-17(23-15)12-7-8-12/h12-14H,2-11H2,1H3/t13-,14-/m0/s1. The van der Waals surface area contributed by atoms with Crippen molar-refractivity contribution in [3.8, 4) is 0 Å². The summed E-state index contributed by atoms with van der Waals surface area (Å²) >= 11 is 0. The smallest absolute Gasteiger partial charge is 0.230 e. The Bertz CT molecular complexity index is 569. The number of rotatable bonds is 5. The summed E-state index contributed by atoms with van der Waals surface area (Å²) in [6.07, 6.45) is 7.60. The number of carbonyl (C=O) groups is 1. The zero-order chi connectivity index (χ0) is 15.8. The quantitative estimate of drug-likeness (QED) is 0.833. The van der Waals surface area contributed by atoms with Gasteiger partial charge in [0.05, 0.1) is 6.54 Å². The van der Waals surface area contributed by atoms with Crippen LogP contribution in [0, 0.1) is 0 Å². The highest BCUT2D eigenvalue weighted by Gasteiger charge is 2.39. The number of nitrogens with zero attached hydrogens (tertiary/aromatic N) is 4. The molecule has 0 radical (unpaired) electrons. The molecule has 2 aliphatic heterocycles. The second kappa shape index (κ2) is 6.23. The van der Waals surface area contributed by atoms with Gasteiger partial charge in [-0.15, -0.1) is 10.2 Å². The lowest BCUT2D eigenvalue weighted by molar-refractivity contribution is -0.132. The first-order valence-electron chi connectivity index (χ1n) is 9.12. The van der Waals surface area contributed by atoms with E-state index >= 15 is 0 Å². The second-order valence-electron chi connectivity index (χ2n) is 7.14. The molecule has 3 aliphatic rings. The molecular formula is C17H26N4O2. The van der Waals surface area contributed by atoms with E-state index in [9.17, 15) is 4.79 Å². The van der Waals surface area contributed by atoms with Gasteiger partial charge in [-0.2, -0.15) is 0 Å². The summed E-state index contributed by atoms with van der Waals surface area (Å²) in [5.41, 5.74) is 0. The largest absolute Gasteiger partial charge is 0.424 e. The third-order valence-electron chi connectivity index (χ3n) is 5.53. The van der Waals surface area contributed by atoms with E-state index in [-0.39, 0.29) is 0 Å². The summed E-state index contributed by atoms with van der Waals surface area (Å²) < 4.78 is 5.83. The lowest BCUT2D eigenvalue weighted by Crippen LogP contribution is -2.47. The van der Waals surface area contributed by atoms with Gasteiger partial charge in [0.15, 0.2) is 0 Å². The van der Waals surface area contributed by atoms with Gasteiger partial charge in [0, 0.05) is 31.0 Å². The van der Waals surface area contributed by atoms with E-state index in [0.29, 0.717) is 30.3 Å². The van der Waals surface area contributed by atoms with Crippen molar-refractivity contribution in [3.05, 3.63) is 11.8 Å². The van der Waals surface area contributed by atoms with Gasteiger partial charge in [0.25, 0.3) is 0 Å². The highest BCUT2D eigenvalue weighted by Crippen LogP contribution is 2.39. The van der Waals surface area contributed by atoms with Crippen LogP contribution in [0.2, 0.25) is 0 Å². The average molecular weight is 318 g/mol. The van der Waals surface area contributed by atoms with Crippen LogP contribution in [-0.4, -0.2) is 51.1 Å². The van der Waals surface area contributed by atoms with Gasteiger partial charge in [-0.05, 0) is 45.1 Å². The number of hydrogen-bond donors (Lipinski definition) is 0.